The number of aliphatic hydroxyl groups is 1. The molecule has 1 N–H and O–H groups in total. The van der Waals surface area contributed by atoms with Crippen molar-refractivity contribution in [1.82, 2.24) is 24.3 Å². The van der Waals surface area contributed by atoms with Crippen molar-refractivity contribution in [1.29, 1.82) is 5.26 Å². The number of nitrogens with zero attached hydrogens (tertiary/aromatic N) is 6. The number of pyridine rings is 1. The standard InChI is InChI=1S/C31H30N6O3/c1-36-20-33-19-29(36)31(38,22-10-14-40-15-11-22)23-6-9-28-25(17-23)27(18-32)26(30(35-28)39-2)16-21-4-7-24(8-5-21)37-13-3-12-34-37/h3-9,12-13,17,19-20,22,38H,10-11,14-16H2,1-2H3. The van der Waals surface area contributed by atoms with Crippen LogP contribution in [0.15, 0.2) is 73.4 Å². The summed E-state index contributed by atoms with van der Waals surface area (Å²) in [4.78, 5) is 9.06. The lowest BCUT2D eigenvalue weighted by molar-refractivity contribution is -0.0470. The molecule has 1 fully saturated rings. The van der Waals surface area contributed by atoms with E-state index in [9.17, 15) is 10.4 Å². The van der Waals surface area contributed by atoms with Crippen molar-refractivity contribution in [3.8, 4) is 17.6 Å². The van der Waals surface area contributed by atoms with Crippen LogP contribution in [0, 0.1) is 17.2 Å². The molecule has 202 valence electrons. The average molecular weight is 535 g/mol. The van der Waals surface area contributed by atoms with Crippen LogP contribution in [0.4, 0.5) is 0 Å². The zero-order valence-electron chi connectivity index (χ0n) is 22.5. The van der Waals surface area contributed by atoms with Gasteiger partial charge in [-0.15, -0.1) is 0 Å². The van der Waals surface area contributed by atoms with E-state index in [1.165, 1.54) is 0 Å². The molecule has 0 aliphatic carbocycles. The number of fused-ring (bicyclic) bond motifs is 1. The third-order valence-electron chi connectivity index (χ3n) is 7.90. The monoisotopic (exact) mass is 534 g/mol. The van der Waals surface area contributed by atoms with Gasteiger partial charge in [-0.25, -0.2) is 14.6 Å². The molecule has 0 amide bonds. The van der Waals surface area contributed by atoms with Crippen molar-refractivity contribution in [2.75, 3.05) is 20.3 Å². The van der Waals surface area contributed by atoms with E-state index in [2.05, 4.69) is 16.2 Å². The summed E-state index contributed by atoms with van der Waals surface area (Å²) in [7, 11) is 3.46. The number of hydrogen-bond donors (Lipinski definition) is 1. The number of nitriles is 1. The van der Waals surface area contributed by atoms with E-state index in [-0.39, 0.29) is 5.92 Å². The molecule has 40 heavy (non-hydrogen) atoms. The summed E-state index contributed by atoms with van der Waals surface area (Å²) in [6.45, 7) is 1.17. The quantitative estimate of drug-likeness (QED) is 0.332. The summed E-state index contributed by atoms with van der Waals surface area (Å²) in [5.74, 6) is 0.345. The van der Waals surface area contributed by atoms with Gasteiger partial charge in [-0.05, 0) is 54.3 Å². The molecule has 1 aliphatic heterocycles. The molecule has 5 aromatic rings. The normalized spacial score (nSPS) is 15.6. The second kappa shape index (κ2) is 10.6. The number of ether oxygens (including phenoxy) is 2. The number of rotatable bonds is 7. The molecular formula is C31H30N6O3. The Balaban J connectivity index is 1.46. The topological polar surface area (TPSA) is 111 Å². The highest BCUT2D eigenvalue weighted by atomic mass is 16.5. The lowest BCUT2D eigenvalue weighted by Crippen LogP contribution is -2.41. The molecule has 0 bridgehead atoms. The SMILES string of the molecule is COc1nc2ccc(C(O)(c3cncn3C)C3CCOCC3)cc2c(C#N)c1Cc1ccc(-n2cccn2)cc1. The van der Waals surface area contributed by atoms with Crippen molar-refractivity contribution < 1.29 is 14.6 Å². The van der Waals surface area contributed by atoms with E-state index in [0.29, 0.717) is 71.6 Å². The number of methoxy groups -OCH3 is 1. The van der Waals surface area contributed by atoms with Crippen LogP contribution in [0.3, 0.4) is 0 Å². The summed E-state index contributed by atoms with van der Waals surface area (Å²) in [5.41, 5.74) is 3.88. The fraction of sp³-hybridized carbons (Fsp3) is 0.290. The molecule has 2 aromatic carbocycles. The molecule has 3 aromatic heterocycles. The summed E-state index contributed by atoms with van der Waals surface area (Å²) in [5, 5.41) is 27.8. The van der Waals surface area contributed by atoms with Gasteiger partial charge in [0.1, 0.15) is 11.7 Å². The Kier molecular flexibility index (Phi) is 6.80. The Morgan fingerprint density at radius 1 is 1.18 bits per heavy atom. The lowest BCUT2D eigenvalue weighted by atomic mass is 9.74. The minimum absolute atomic E-state index is 0.0707. The number of imidazole rings is 1. The van der Waals surface area contributed by atoms with Crippen LogP contribution >= 0.6 is 0 Å². The van der Waals surface area contributed by atoms with Gasteiger partial charge < -0.3 is 19.1 Å². The van der Waals surface area contributed by atoms with Gasteiger partial charge in [0.25, 0.3) is 0 Å². The van der Waals surface area contributed by atoms with Gasteiger partial charge in [0, 0.05) is 55.9 Å². The zero-order valence-corrected chi connectivity index (χ0v) is 22.5. The van der Waals surface area contributed by atoms with E-state index in [4.69, 9.17) is 14.5 Å². The molecule has 0 radical (unpaired) electrons. The van der Waals surface area contributed by atoms with E-state index in [1.54, 1.807) is 30.5 Å². The van der Waals surface area contributed by atoms with Crippen molar-refractivity contribution in [2.24, 2.45) is 13.0 Å². The highest BCUT2D eigenvalue weighted by molar-refractivity contribution is 5.88. The maximum absolute atomic E-state index is 12.4. The van der Waals surface area contributed by atoms with Crippen molar-refractivity contribution in [3.63, 3.8) is 0 Å². The Hall–Kier alpha value is -4.52. The first kappa shape index (κ1) is 25.7. The number of aromatic nitrogens is 5. The smallest absolute Gasteiger partial charge is 0.218 e. The van der Waals surface area contributed by atoms with Crippen LogP contribution < -0.4 is 4.74 Å². The number of aryl methyl sites for hydroxylation is 1. The fourth-order valence-corrected chi connectivity index (χ4v) is 5.80. The van der Waals surface area contributed by atoms with E-state index < -0.39 is 5.60 Å². The zero-order chi connectivity index (χ0) is 27.7. The number of hydrogen-bond acceptors (Lipinski definition) is 7. The summed E-state index contributed by atoms with van der Waals surface area (Å²) >= 11 is 0. The summed E-state index contributed by atoms with van der Waals surface area (Å²) in [6.07, 6.45) is 8.94. The van der Waals surface area contributed by atoms with Gasteiger partial charge in [0.15, 0.2) is 0 Å². The molecule has 1 saturated heterocycles. The van der Waals surface area contributed by atoms with Gasteiger partial charge in [-0.2, -0.15) is 10.4 Å². The predicted octanol–water partition coefficient (Wildman–Crippen LogP) is 4.29. The maximum atomic E-state index is 12.4. The van der Waals surface area contributed by atoms with Crippen LogP contribution in [-0.4, -0.2) is 49.7 Å². The van der Waals surface area contributed by atoms with Crippen molar-refractivity contribution in [2.45, 2.75) is 24.9 Å². The Bertz CT molecular complexity index is 1680. The van der Waals surface area contributed by atoms with Crippen LogP contribution in [0.25, 0.3) is 16.6 Å². The molecule has 0 saturated carbocycles. The molecule has 1 aliphatic rings. The van der Waals surface area contributed by atoms with Gasteiger partial charge in [-0.1, -0.05) is 18.2 Å². The first-order chi connectivity index (χ1) is 19.5. The number of benzene rings is 2. The Labute approximate surface area is 232 Å². The Morgan fingerprint density at radius 3 is 2.62 bits per heavy atom. The van der Waals surface area contributed by atoms with E-state index >= 15 is 0 Å². The molecular weight excluding hydrogens is 504 g/mol. The van der Waals surface area contributed by atoms with Gasteiger partial charge in [0.2, 0.25) is 5.88 Å². The van der Waals surface area contributed by atoms with Crippen molar-refractivity contribution >= 4 is 10.9 Å². The minimum Gasteiger partial charge on any atom is -0.481 e. The van der Waals surface area contributed by atoms with Gasteiger partial charge in [-0.3, -0.25) is 0 Å². The van der Waals surface area contributed by atoms with E-state index in [1.807, 2.05) is 66.3 Å². The van der Waals surface area contributed by atoms with Crippen LogP contribution in [0.5, 0.6) is 5.88 Å². The second-order valence-electron chi connectivity index (χ2n) is 10.2. The largest absolute Gasteiger partial charge is 0.481 e. The van der Waals surface area contributed by atoms with Crippen LogP contribution in [0.2, 0.25) is 0 Å². The molecule has 1 atom stereocenters. The maximum Gasteiger partial charge on any atom is 0.218 e. The van der Waals surface area contributed by atoms with Gasteiger partial charge >= 0.3 is 0 Å². The highest BCUT2D eigenvalue weighted by Gasteiger charge is 2.43. The fourth-order valence-electron chi connectivity index (χ4n) is 5.80. The third-order valence-corrected chi connectivity index (χ3v) is 7.90. The molecule has 9 heteroatoms. The van der Waals surface area contributed by atoms with E-state index in [0.717, 1.165) is 11.3 Å². The summed E-state index contributed by atoms with van der Waals surface area (Å²) < 4.78 is 14.9. The van der Waals surface area contributed by atoms with Crippen LogP contribution in [0.1, 0.15) is 40.8 Å². The van der Waals surface area contributed by atoms with Gasteiger partial charge in [0.05, 0.1) is 42.1 Å². The molecule has 0 spiro atoms. The third kappa shape index (κ3) is 4.41. The molecule has 9 nitrogen and oxygen atoms in total. The second-order valence-corrected chi connectivity index (χ2v) is 10.2. The van der Waals surface area contributed by atoms with Crippen LogP contribution in [-0.2, 0) is 23.8 Å². The average Bonchev–Trinajstić information content (AvgIpc) is 3.69. The highest BCUT2D eigenvalue weighted by Crippen LogP contribution is 2.43. The molecule has 1 unspecified atom stereocenters. The lowest BCUT2D eigenvalue weighted by Gasteiger charge is -2.39. The molecule has 4 heterocycles. The minimum atomic E-state index is -1.31. The predicted molar refractivity (Wildman–Crippen MR) is 149 cm³/mol. The molecule has 6 rings (SSSR count). The Morgan fingerprint density at radius 2 is 1.98 bits per heavy atom. The summed E-state index contributed by atoms with van der Waals surface area (Å²) in [6, 6.07) is 18.0. The first-order valence-corrected chi connectivity index (χ1v) is 13.3. The van der Waals surface area contributed by atoms with Crippen molar-refractivity contribution in [3.05, 3.63) is 101 Å². The first-order valence-electron chi connectivity index (χ1n) is 13.3.